The molecule has 0 spiro atoms. The average molecular weight is 385 g/mol. The Kier molecular flexibility index (Phi) is 4.49. The van der Waals surface area contributed by atoms with Crippen LogP contribution in [0.5, 0.6) is 0 Å². The van der Waals surface area contributed by atoms with Crippen LogP contribution in [-0.4, -0.2) is 36.6 Å². The molecule has 28 heavy (non-hydrogen) atoms. The number of nitrogens with zero attached hydrogens (tertiary/aromatic N) is 6. The van der Waals surface area contributed by atoms with Crippen molar-refractivity contribution in [2.24, 2.45) is 5.73 Å². The fraction of sp³-hybridized carbons (Fsp3) is 0.118. The predicted molar refractivity (Wildman–Crippen MR) is 94.6 cm³/mol. The average Bonchev–Trinajstić information content (AvgIpc) is 3.32. The molecular weight excluding hydrogens is 372 g/mol. The van der Waals surface area contributed by atoms with Crippen LogP contribution in [0.2, 0.25) is 0 Å². The Morgan fingerprint density at radius 2 is 1.86 bits per heavy atom. The molecule has 0 aliphatic heterocycles. The lowest BCUT2D eigenvalue weighted by atomic mass is 10.0. The fourth-order valence-electron chi connectivity index (χ4n) is 2.68. The summed E-state index contributed by atoms with van der Waals surface area (Å²) in [7, 11) is 0. The highest BCUT2D eigenvalue weighted by Crippen LogP contribution is 2.25. The van der Waals surface area contributed by atoms with Crippen LogP contribution < -0.4 is 11.4 Å². The van der Waals surface area contributed by atoms with E-state index in [0.29, 0.717) is 28.5 Å². The molecule has 2 aromatic heterocycles. The highest BCUT2D eigenvalue weighted by Gasteiger charge is 2.15. The second-order valence-corrected chi connectivity index (χ2v) is 5.94. The third-order valence-electron chi connectivity index (χ3n) is 4.17. The second kappa shape index (κ2) is 7.12. The van der Waals surface area contributed by atoms with E-state index >= 15 is 0 Å². The van der Waals surface area contributed by atoms with Crippen LogP contribution in [0.25, 0.3) is 27.8 Å². The summed E-state index contributed by atoms with van der Waals surface area (Å²) in [5, 5.41) is 14.8. The van der Waals surface area contributed by atoms with Crippen molar-refractivity contribution in [1.29, 1.82) is 0 Å². The molecule has 2 aromatic carbocycles. The molecule has 0 atom stereocenters. The maximum Gasteiger partial charge on any atom is 0.368 e. The van der Waals surface area contributed by atoms with Gasteiger partial charge in [-0.05, 0) is 61.7 Å². The van der Waals surface area contributed by atoms with Gasteiger partial charge in [0.05, 0.1) is 12.9 Å². The number of benzene rings is 2. The molecule has 11 heteroatoms. The molecule has 0 bridgehead atoms. The molecule has 2 N–H and O–H groups in total. The first kappa shape index (κ1) is 17.7. The molecule has 0 aliphatic carbocycles. The molecule has 0 saturated carbocycles. The molecular formula is C17H13F2N7O2. The molecule has 0 amide bonds. The lowest BCUT2D eigenvalue weighted by Crippen LogP contribution is -2.26. The quantitative estimate of drug-likeness (QED) is 0.554. The van der Waals surface area contributed by atoms with Crippen LogP contribution >= 0.6 is 0 Å². The smallest absolute Gasteiger partial charge is 0.327 e. The highest BCUT2D eigenvalue weighted by atomic mass is 19.1. The zero-order chi connectivity index (χ0) is 19.7. The Hall–Kier alpha value is -3.73. The molecule has 9 nitrogen and oxygen atoms in total. The summed E-state index contributed by atoms with van der Waals surface area (Å²) in [5.74, 6) is -0.676. The second-order valence-electron chi connectivity index (χ2n) is 5.94. The zero-order valence-corrected chi connectivity index (χ0v) is 14.3. The van der Waals surface area contributed by atoms with E-state index < -0.39 is 11.5 Å². The Labute approximate surface area is 155 Å². The van der Waals surface area contributed by atoms with Gasteiger partial charge in [-0.3, -0.25) is 0 Å². The van der Waals surface area contributed by atoms with Crippen molar-refractivity contribution in [2.75, 3.05) is 6.54 Å². The van der Waals surface area contributed by atoms with E-state index in [1.54, 1.807) is 24.3 Å². The van der Waals surface area contributed by atoms with Crippen molar-refractivity contribution in [1.82, 2.24) is 30.1 Å². The number of halogens is 2. The van der Waals surface area contributed by atoms with E-state index in [0.717, 1.165) is 9.36 Å². The first-order chi connectivity index (χ1) is 13.6. The standard InChI is InChI=1S/C17H13F2N7O2/c18-7-10(8-20)9-25-17(27)26(24-23-25)16-4-2-11(5-13(16)19)12-1-3-14-15(6-12)22-28-21-14/h1-7H,8-9,20H2/b10-7+. The summed E-state index contributed by atoms with van der Waals surface area (Å²) in [6.45, 7) is -0.248. The first-order valence-electron chi connectivity index (χ1n) is 8.14. The predicted octanol–water partition coefficient (Wildman–Crippen LogP) is 1.58. The number of rotatable bonds is 5. The number of hydrogen-bond acceptors (Lipinski definition) is 7. The number of aromatic nitrogens is 6. The number of nitrogens with two attached hydrogens (primary N) is 1. The van der Waals surface area contributed by atoms with Crippen LogP contribution in [0.4, 0.5) is 8.78 Å². The minimum Gasteiger partial charge on any atom is -0.327 e. The van der Waals surface area contributed by atoms with E-state index in [1.165, 1.54) is 12.1 Å². The van der Waals surface area contributed by atoms with E-state index in [4.69, 9.17) is 5.73 Å². The number of hydrogen-bond donors (Lipinski definition) is 1. The van der Waals surface area contributed by atoms with Crippen LogP contribution in [0, 0.1) is 5.82 Å². The van der Waals surface area contributed by atoms with Gasteiger partial charge in [0.2, 0.25) is 0 Å². The Bertz CT molecular complexity index is 1240. The number of tetrazole rings is 1. The van der Waals surface area contributed by atoms with Crippen LogP contribution in [0.15, 0.2) is 57.7 Å². The van der Waals surface area contributed by atoms with Gasteiger partial charge in [-0.2, -0.15) is 9.36 Å². The molecule has 0 fully saturated rings. The minimum atomic E-state index is -0.713. The molecule has 142 valence electrons. The highest BCUT2D eigenvalue weighted by molar-refractivity contribution is 5.80. The van der Waals surface area contributed by atoms with Crippen LogP contribution in [0.3, 0.4) is 0 Å². The van der Waals surface area contributed by atoms with Crippen molar-refractivity contribution < 1.29 is 13.4 Å². The molecule has 0 unspecified atom stereocenters. The molecule has 0 saturated heterocycles. The zero-order valence-electron chi connectivity index (χ0n) is 14.3. The van der Waals surface area contributed by atoms with Crippen LogP contribution in [-0.2, 0) is 6.54 Å². The van der Waals surface area contributed by atoms with E-state index in [2.05, 4.69) is 25.4 Å². The van der Waals surface area contributed by atoms with Gasteiger partial charge in [-0.1, -0.05) is 12.1 Å². The maximum absolute atomic E-state index is 14.7. The minimum absolute atomic E-state index is 0.0791. The molecule has 4 rings (SSSR count). The van der Waals surface area contributed by atoms with Crippen molar-refractivity contribution >= 4 is 11.0 Å². The molecule has 0 radical (unpaired) electrons. The third kappa shape index (κ3) is 3.07. The molecule has 4 aromatic rings. The van der Waals surface area contributed by atoms with Crippen molar-refractivity contribution in [3.05, 3.63) is 64.6 Å². The Morgan fingerprint density at radius 1 is 1.11 bits per heavy atom. The monoisotopic (exact) mass is 385 g/mol. The van der Waals surface area contributed by atoms with E-state index in [-0.39, 0.29) is 24.4 Å². The van der Waals surface area contributed by atoms with Gasteiger partial charge < -0.3 is 5.73 Å². The van der Waals surface area contributed by atoms with Crippen LogP contribution in [0.1, 0.15) is 0 Å². The van der Waals surface area contributed by atoms with Gasteiger partial charge in [0.15, 0.2) is 0 Å². The van der Waals surface area contributed by atoms with Gasteiger partial charge in [0.25, 0.3) is 0 Å². The Morgan fingerprint density at radius 3 is 2.61 bits per heavy atom. The Balaban J connectivity index is 1.68. The van der Waals surface area contributed by atoms with Gasteiger partial charge in [0.1, 0.15) is 22.5 Å². The van der Waals surface area contributed by atoms with E-state index in [9.17, 15) is 13.6 Å². The van der Waals surface area contributed by atoms with Gasteiger partial charge in [-0.25, -0.2) is 18.2 Å². The first-order valence-corrected chi connectivity index (χ1v) is 8.14. The van der Waals surface area contributed by atoms with Crippen molar-refractivity contribution in [2.45, 2.75) is 6.54 Å². The van der Waals surface area contributed by atoms with E-state index in [1.807, 2.05) is 0 Å². The van der Waals surface area contributed by atoms with Crippen molar-refractivity contribution in [3.63, 3.8) is 0 Å². The lowest BCUT2D eigenvalue weighted by molar-refractivity contribution is 0.315. The van der Waals surface area contributed by atoms with Gasteiger partial charge in [-0.15, -0.1) is 0 Å². The molecule has 2 heterocycles. The van der Waals surface area contributed by atoms with Crippen molar-refractivity contribution in [3.8, 4) is 16.8 Å². The summed E-state index contributed by atoms with van der Waals surface area (Å²) in [5.41, 5.74) is 7.12. The third-order valence-corrected chi connectivity index (χ3v) is 4.17. The summed E-state index contributed by atoms with van der Waals surface area (Å²) < 4.78 is 33.7. The summed E-state index contributed by atoms with van der Waals surface area (Å²) in [6.07, 6.45) is 0.308. The number of fused-ring (bicyclic) bond motifs is 1. The van der Waals surface area contributed by atoms with Gasteiger partial charge >= 0.3 is 5.69 Å². The largest absolute Gasteiger partial charge is 0.368 e. The fourth-order valence-corrected chi connectivity index (χ4v) is 2.68. The summed E-state index contributed by atoms with van der Waals surface area (Å²) in [4.78, 5) is 12.4. The normalized spacial score (nSPS) is 12.0. The lowest BCUT2D eigenvalue weighted by Gasteiger charge is -2.05. The maximum atomic E-state index is 14.7. The molecule has 0 aliphatic rings. The topological polar surface area (TPSA) is 118 Å². The SMILES string of the molecule is NC/C(=C\F)Cn1nnn(-c2ccc(-c3ccc4nonc4c3)cc2F)c1=O. The summed E-state index contributed by atoms with van der Waals surface area (Å²) >= 11 is 0. The van der Waals surface area contributed by atoms with Gasteiger partial charge in [0, 0.05) is 6.54 Å². The summed E-state index contributed by atoms with van der Waals surface area (Å²) in [6, 6.07) is 9.47.